The van der Waals surface area contributed by atoms with E-state index < -0.39 is 0 Å². The lowest BCUT2D eigenvalue weighted by molar-refractivity contribution is -0.387. The number of nitro benzene ring substituents is 1. The van der Waals surface area contributed by atoms with Crippen LogP contribution in [0.2, 0.25) is 0 Å². The highest BCUT2D eigenvalue weighted by molar-refractivity contribution is 8.15. The summed E-state index contributed by atoms with van der Waals surface area (Å²) in [5.74, 6) is 0. The number of hydroxylamine groups is 2. The van der Waals surface area contributed by atoms with Crippen LogP contribution < -0.4 is 0 Å². The van der Waals surface area contributed by atoms with Crippen molar-refractivity contribution in [2.24, 2.45) is 9.98 Å². The highest BCUT2D eigenvalue weighted by Crippen LogP contribution is 2.39. The van der Waals surface area contributed by atoms with Crippen LogP contribution in [0.3, 0.4) is 0 Å². The van der Waals surface area contributed by atoms with Gasteiger partial charge in [-0.05, 0) is 18.2 Å². The summed E-state index contributed by atoms with van der Waals surface area (Å²) in [7, 11) is 0. The van der Waals surface area contributed by atoms with Gasteiger partial charge in [-0.15, -0.1) is 0 Å². The van der Waals surface area contributed by atoms with Gasteiger partial charge in [0.05, 0.1) is 21.7 Å². The Labute approximate surface area is 157 Å². The number of hydrogen-bond acceptors (Lipinski definition) is 8. The van der Waals surface area contributed by atoms with Gasteiger partial charge in [-0.2, -0.15) is 0 Å². The average Bonchev–Trinajstić information content (AvgIpc) is 3.08. The molecule has 2 heterocycles. The first-order chi connectivity index (χ1) is 12.6. The summed E-state index contributed by atoms with van der Waals surface area (Å²) in [6.07, 6.45) is 2.88. The predicted molar refractivity (Wildman–Crippen MR) is 102 cm³/mol. The molecular formula is C17H12N4O3S2. The quantitative estimate of drug-likeness (QED) is 0.629. The maximum absolute atomic E-state index is 11.5. The fraction of sp³-hybridized carbons (Fsp3) is 0.0588. The topological polar surface area (TPSA) is 91.3 Å². The maximum atomic E-state index is 11.5. The summed E-state index contributed by atoms with van der Waals surface area (Å²) in [6, 6.07) is 14.6. The van der Waals surface area contributed by atoms with Crippen LogP contribution in [0.4, 0.5) is 5.69 Å². The molecule has 0 amide bonds. The van der Waals surface area contributed by atoms with Crippen LogP contribution in [0.15, 0.2) is 80.2 Å². The van der Waals surface area contributed by atoms with Crippen molar-refractivity contribution in [2.45, 2.75) is 15.2 Å². The Kier molecular flexibility index (Phi) is 4.49. The molecule has 0 radical (unpaired) electrons. The molecule has 4 rings (SSSR count). The van der Waals surface area contributed by atoms with Crippen LogP contribution in [0, 0.1) is 10.1 Å². The van der Waals surface area contributed by atoms with Crippen LogP contribution in [-0.2, 0) is 0 Å². The second-order valence-electron chi connectivity index (χ2n) is 5.44. The molecule has 7 nitrogen and oxygen atoms in total. The number of nitrogens with zero attached hydrogens (tertiary/aromatic N) is 4. The third-order valence-corrected chi connectivity index (χ3v) is 6.02. The lowest BCUT2D eigenvalue weighted by Gasteiger charge is -2.20. The molecule has 2 aliphatic heterocycles. The maximum Gasteiger partial charge on any atom is 0.283 e. The number of hydrogen-bond donors (Lipinski definition) is 1. The van der Waals surface area contributed by atoms with Crippen molar-refractivity contribution in [3.8, 4) is 0 Å². The largest absolute Gasteiger partial charge is 0.286 e. The molecule has 130 valence electrons. The van der Waals surface area contributed by atoms with Crippen molar-refractivity contribution in [3.05, 3.63) is 76.1 Å². The Morgan fingerprint density at radius 2 is 2.04 bits per heavy atom. The van der Waals surface area contributed by atoms with E-state index in [9.17, 15) is 15.3 Å². The lowest BCUT2D eigenvalue weighted by Crippen LogP contribution is -2.29. The van der Waals surface area contributed by atoms with Gasteiger partial charge in [-0.1, -0.05) is 47.8 Å². The minimum atomic E-state index is -0.386. The first-order valence-corrected chi connectivity index (χ1v) is 9.29. The first kappa shape index (κ1) is 16.8. The fourth-order valence-corrected chi connectivity index (χ4v) is 4.46. The lowest BCUT2D eigenvalue weighted by atomic mass is 10.2. The zero-order valence-corrected chi connectivity index (χ0v) is 14.9. The Hall–Kier alpha value is -2.62. The number of nitro groups is 1. The van der Waals surface area contributed by atoms with E-state index in [1.165, 1.54) is 35.9 Å². The van der Waals surface area contributed by atoms with Gasteiger partial charge >= 0.3 is 0 Å². The first-order valence-electron chi connectivity index (χ1n) is 7.59. The molecule has 1 atom stereocenters. The number of thioether (sulfide) groups is 1. The SMILES string of the molecule is O=[N+]([O-])c1cc(C2=NC3=CN=CN(O)C3S2)ccc1Sc1ccccc1. The summed E-state index contributed by atoms with van der Waals surface area (Å²) in [5.41, 5.74) is 1.28. The average molecular weight is 384 g/mol. The summed E-state index contributed by atoms with van der Waals surface area (Å²) in [4.78, 5) is 21.0. The molecule has 0 saturated carbocycles. The molecule has 0 bridgehead atoms. The predicted octanol–water partition coefficient (Wildman–Crippen LogP) is 4.14. The van der Waals surface area contributed by atoms with E-state index in [4.69, 9.17) is 0 Å². The molecule has 0 aliphatic carbocycles. The fourth-order valence-electron chi connectivity index (χ4n) is 2.51. The molecule has 0 aromatic heterocycles. The minimum absolute atomic E-state index is 0.0283. The Bertz CT molecular complexity index is 960. The zero-order valence-electron chi connectivity index (χ0n) is 13.2. The molecule has 0 spiro atoms. The van der Waals surface area contributed by atoms with Crippen LogP contribution >= 0.6 is 23.5 Å². The van der Waals surface area contributed by atoms with Gasteiger partial charge in [0.15, 0.2) is 5.37 Å². The third-order valence-electron chi connectivity index (χ3n) is 3.71. The van der Waals surface area contributed by atoms with Crippen molar-refractivity contribution in [3.63, 3.8) is 0 Å². The molecule has 0 fully saturated rings. The van der Waals surface area contributed by atoms with Gasteiger partial charge in [0.2, 0.25) is 0 Å². The number of benzene rings is 2. The molecule has 1 N–H and O–H groups in total. The van der Waals surface area contributed by atoms with Crippen LogP contribution in [0.1, 0.15) is 5.56 Å². The van der Waals surface area contributed by atoms with E-state index in [0.29, 0.717) is 21.2 Å². The summed E-state index contributed by atoms with van der Waals surface area (Å²) in [6.45, 7) is 0. The standard InChI is InChI=1S/C17H12N4O3S2/c22-20-10-18-9-13-17(20)26-16(19-13)11-6-7-15(14(8-11)21(23)24)25-12-4-2-1-3-5-12/h1-10,17,22H. The van der Waals surface area contributed by atoms with Crippen molar-refractivity contribution in [1.29, 1.82) is 0 Å². The monoisotopic (exact) mass is 384 g/mol. The van der Waals surface area contributed by atoms with E-state index in [0.717, 1.165) is 9.96 Å². The van der Waals surface area contributed by atoms with Crippen molar-refractivity contribution >= 4 is 40.6 Å². The molecule has 2 aromatic rings. The van der Waals surface area contributed by atoms with Crippen LogP contribution in [0.25, 0.3) is 0 Å². The smallest absolute Gasteiger partial charge is 0.283 e. The molecular weight excluding hydrogens is 372 g/mol. The molecule has 1 unspecified atom stereocenters. The van der Waals surface area contributed by atoms with E-state index in [1.54, 1.807) is 12.3 Å². The number of rotatable bonds is 4. The second kappa shape index (κ2) is 6.94. The molecule has 26 heavy (non-hydrogen) atoms. The molecule has 2 aliphatic rings. The van der Waals surface area contributed by atoms with Gasteiger partial charge in [-0.3, -0.25) is 15.3 Å². The molecule has 9 heteroatoms. The summed E-state index contributed by atoms with van der Waals surface area (Å²) in [5, 5.41) is 22.6. The molecule has 0 saturated heterocycles. The minimum Gasteiger partial charge on any atom is -0.286 e. The van der Waals surface area contributed by atoms with Gasteiger partial charge in [0.1, 0.15) is 11.4 Å². The summed E-state index contributed by atoms with van der Waals surface area (Å²) >= 11 is 2.67. The van der Waals surface area contributed by atoms with Gasteiger partial charge in [0, 0.05) is 16.5 Å². The number of fused-ring (bicyclic) bond motifs is 1. The van der Waals surface area contributed by atoms with Gasteiger partial charge in [0.25, 0.3) is 5.69 Å². The van der Waals surface area contributed by atoms with Crippen LogP contribution in [-0.4, -0.2) is 31.9 Å². The van der Waals surface area contributed by atoms with E-state index in [1.807, 2.05) is 36.4 Å². The van der Waals surface area contributed by atoms with Crippen LogP contribution in [0.5, 0.6) is 0 Å². The van der Waals surface area contributed by atoms with Crippen molar-refractivity contribution < 1.29 is 10.1 Å². The van der Waals surface area contributed by atoms with E-state index >= 15 is 0 Å². The zero-order chi connectivity index (χ0) is 18.1. The Morgan fingerprint density at radius 3 is 2.77 bits per heavy atom. The third kappa shape index (κ3) is 3.24. The highest BCUT2D eigenvalue weighted by atomic mass is 32.2. The normalized spacial score (nSPS) is 18.3. The van der Waals surface area contributed by atoms with E-state index in [2.05, 4.69) is 9.98 Å². The summed E-state index contributed by atoms with van der Waals surface area (Å²) < 4.78 is 0. The Balaban J connectivity index is 1.66. The highest BCUT2D eigenvalue weighted by Gasteiger charge is 2.32. The second-order valence-corrected chi connectivity index (χ2v) is 7.62. The molecule has 2 aromatic carbocycles. The number of aliphatic imine (C=N–C) groups is 2. The van der Waals surface area contributed by atoms with E-state index in [-0.39, 0.29) is 16.0 Å². The Morgan fingerprint density at radius 1 is 1.23 bits per heavy atom. The van der Waals surface area contributed by atoms with Gasteiger partial charge < -0.3 is 0 Å². The van der Waals surface area contributed by atoms with Gasteiger partial charge in [-0.25, -0.2) is 15.0 Å². The van der Waals surface area contributed by atoms with Crippen molar-refractivity contribution in [1.82, 2.24) is 5.06 Å². The van der Waals surface area contributed by atoms with Crippen molar-refractivity contribution in [2.75, 3.05) is 0 Å².